The summed E-state index contributed by atoms with van der Waals surface area (Å²) in [7, 11) is 1.37. The third kappa shape index (κ3) is 4.20. The number of nitrogens with two attached hydrogens (primary N) is 1. The van der Waals surface area contributed by atoms with E-state index in [1.807, 2.05) is 0 Å². The Labute approximate surface area is 135 Å². The molecule has 0 heterocycles. The van der Waals surface area contributed by atoms with Gasteiger partial charge in [-0.1, -0.05) is 23.7 Å². The summed E-state index contributed by atoms with van der Waals surface area (Å²) < 4.78 is 45.2. The Morgan fingerprint density at radius 3 is 2.26 bits per heavy atom. The van der Waals surface area contributed by atoms with Gasteiger partial charge in [-0.25, -0.2) is 0 Å². The molecule has 0 saturated heterocycles. The zero-order valence-electron chi connectivity index (χ0n) is 11.9. The van der Waals surface area contributed by atoms with Crippen molar-refractivity contribution in [3.63, 3.8) is 0 Å². The first-order valence-electron chi connectivity index (χ1n) is 6.39. The molecule has 2 rings (SSSR count). The number of halogens is 4. The second-order valence-electron chi connectivity index (χ2n) is 4.65. The molecule has 0 saturated carbocycles. The first-order valence-corrected chi connectivity index (χ1v) is 6.76. The molecule has 23 heavy (non-hydrogen) atoms. The third-order valence-electron chi connectivity index (χ3n) is 3.10. The Balaban J connectivity index is 2.27. The Bertz CT molecular complexity index is 690. The van der Waals surface area contributed by atoms with E-state index in [0.717, 1.165) is 0 Å². The summed E-state index contributed by atoms with van der Waals surface area (Å²) in [6, 6.07) is 7.47. The van der Waals surface area contributed by atoms with E-state index in [0.29, 0.717) is 11.1 Å². The summed E-state index contributed by atoms with van der Waals surface area (Å²) in [4.78, 5) is 0. The monoisotopic (exact) mass is 347 g/mol. The summed E-state index contributed by atoms with van der Waals surface area (Å²) in [5.41, 5.74) is 7.16. The molecular weight excluding hydrogens is 335 g/mol. The maximum atomic E-state index is 12.1. The molecule has 0 fully saturated rings. The van der Waals surface area contributed by atoms with Crippen LogP contribution in [0.3, 0.4) is 0 Å². The van der Waals surface area contributed by atoms with Gasteiger partial charge < -0.3 is 20.3 Å². The standard InChI is InChI=1S/C15H13ClF3NO3/c1-22-12-7-9(6-11(16)14(12)21)13(20)8-2-4-10(5-3-8)23-15(17,18)19/h2-7,13,21H,20H2,1H3/t13-/m1/s1. The summed E-state index contributed by atoms with van der Waals surface area (Å²) in [6.45, 7) is 0. The second kappa shape index (κ2) is 6.55. The van der Waals surface area contributed by atoms with Gasteiger partial charge in [0, 0.05) is 0 Å². The van der Waals surface area contributed by atoms with E-state index in [1.165, 1.54) is 43.5 Å². The van der Waals surface area contributed by atoms with Gasteiger partial charge in [-0.2, -0.15) is 0 Å². The van der Waals surface area contributed by atoms with Crippen LogP contribution in [-0.4, -0.2) is 18.6 Å². The Morgan fingerprint density at radius 2 is 1.74 bits per heavy atom. The van der Waals surface area contributed by atoms with Crippen LogP contribution in [0.1, 0.15) is 17.2 Å². The SMILES string of the molecule is COc1cc([C@H](N)c2ccc(OC(F)(F)F)cc2)cc(Cl)c1O. The lowest BCUT2D eigenvalue weighted by Gasteiger charge is -2.16. The molecule has 0 amide bonds. The van der Waals surface area contributed by atoms with Crippen molar-refractivity contribution < 1.29 is 27.8 Å². The smallest absolute Gasteiger partial charge is 0.503 e. The van der Waals surface area contributed by atoms with E-state index in [1.54, 1.807) is 0 Å². The Kier molecular flexibility index (Phi) is 4.91. The Hall–Kier alpha value is -2.12. The minimum Gasteiger partial charge on any atom is -0.503 e. The predicted octanol–water partition coefficient (Wildman–Crippen LogP) is 4.00. The zero-order valence-corrected chi connectivity index (χ0v) is 12.7. The van der Waals surface area contributed by atoms with Crippen molar-refractivity contribution in [2.75, 3.05) is 7.11 Å². The molecule has 0 bridgehead atoms. The first kappa shape index (κ1) is 17.2. The van der Waals surface area contributed by atoms with E-state index in [2.05, 4.69) is 4.74 Å². The summed E-state index contributed by atoms with van der Waals surface area (Å²) in [5, 5.41) is 9.76. The fourth-order valence-corrected chi connectivity index (χ4v) is 2.22. The number of phenolic OH excluding ortho intramolecular Hbond substituents is 1. The fourth-order valence-electron chi connectivity index (χ4n) is 2.00. The van der Waals surface area contributed by atoms with E-state index in [-0.39, 0.29) is 22.3 Å². The first-order chi connectivity index (χ1) is 10.7. The molecule has 0 spiro atoms. The van der Waals surface area contributed by atoms with Gasteiger partial charge in [0.1, 0.15) is 5.75 Å². The number of rotatable bonds is 4. The largest absolute Gasteiger partial charge is 0.573 e. The number of hydrogen-bond acceptors (Lipinski definition) is 4. The van der Waals surface area contributed by atoms with Crippen molar-refractivity contribution >= 4 is 11.6 Å². The third-order valence-corrected chi connectivity index (χ3v) is 3.39. The maximum Gasteiger partial charge on any atom is 0.573 e. The summed E-state index contributed by atoms with van der Waals surface area (Å²) in [5.74, 6) is -0.395. The molecule has 2 aromatic rings. The predicted molar refractivity (Wildman–Crippen MR) is 78.8 cm³/mol. The van der Waals surface area contributed by atoms with Crippen LogP contribution >= 0.6 is 11.6 Å². The van der Waals surface area contributed by atoms with Crippen molar-refractivity contribution in [1.29, 1.82) is 0 Å². The highest BCUT2D eigenvalue weighted by Crippen LogP contribution is 2.37. The van der Waals surface area contributed by atoms with Gasteiger partial charge in [0.15, 0.2) is 11.5 Å². The molecule has 0 aliphatic carbocycles. The second-order valence-corrected chi connectivity index (χ2v) is 5.06. The van der Waals surface area contributed by atoms with E-state index in [9.17, 15) is 18.3 Å². The number of aromatic hydroxyl groups is 1. The van der Waals surface area contributed by atoms with Gasteiger partial charge in [0.05, 0.1) is 18.2 Å². The molecule has 8 heteroatoms. The van der Waals surface area contributed by atoms with E-state index in [4.69, 9.17) is 22.1 Å². The van der Waals surface area contributed by atoms with E-state index < -0.39 is 12.4 Å². The number of methoxy groups -OCH3 is 1. The number of hydrogen-bond donors (Lipinski definition) is 2. The molecule has 124 valence electrons. The van der Waals surface area contributed by atoms with Crippen LogP contribution in [0, 0.1) is 0 Å². The fraction of sp³-hybridized carbons (Fsp3) is 0.200. The Morgan fingerprint density at radius 1 is 1.13 bits per heavy atom. The molecule has 4 nitrogen and oxygen atoms in total. The van der Waals surface area contributed by atoms with Gasteiger partial charge in [-0.15, -0.1) is 13.2 Å². The van der Waals surface area contributed by atoms with Crippen LogP contribution in [0.2, 0.25) is 5.02 Å². The van der Waals surface area contributed by atoms with E-state index >= 15 is 0 Å². The minimum atomic E-state index is -4.75. The average Bonchev–Trinajstić information content (AvgIpc) is 2.48. The van der Waals surface area contributed by atoms with Crippen LogP contribution in [0.5, 0.6) is 17.2 Å². The minimum absolute atomic E-state index is 0.0619. The molecule has 3 N–H and O–H groups in total. The lowest BCUT2D eigenvalue weighted by Crippen LogP contribution is -2.17. The lowest BCUT2D eigenvalue weighted by molar-refractivity contribution is -0.274. The lowest BCUT2D eigenvalue weighted by atomic mass is 9.99. The van der Waals surface area contributed by atoms with Crippen LogP contribution in [0.4, 0.5) is 13.2 Å². The van der Waals surface area contributed by atoms with Gasteiger partial charge >= 0.3 is 6.36 Å². The highest BCUT2D eigenvalue weighted by Gasteiger charge is 2.31. The number of benzene rings is 2. The summed E-state index contributed by atoms with van der Waals surface area (Å²) in [6.07, 6.45) is -4.75. The highest BCUT2D eigenvalue weighted by atomic mass is 35.5. The van der Waals surface area contributed by atoms with Crippen LogP contribution in [0.15, 0.2) is 36.4 Å². The maximum absolute atomic E-state index is 12.1. The normalized spacial score (nSPS) is 12.8. The number of ether oxygens (including phenoxy) is 2. The van der Waals surface area contributed by atoms with Crippen molar-refractivity contribution in [1.82, 2.24) is 0 Å². The molecule has 0 aromatic heterocycles. The molecule has 0 aliphatic rings. The topological polar surface area (TPSA) is 64.7 Å². The highest BCUT2D eigenvalue weighted by molar-refractivity contribution is 6.32. The molecule has 1 atom stereocenters. The average molecular weight is 348 g/mol. The van der Waals surface area contributed by atoms with Crippen LogP contribution < -0.4 is 15.2 Å². The molecule has 0 aliphatic heterocycles. The quantitative estimate of drug-likeness (QED) is 0.877. The van der Waals surface area contributed by atoms with Gasteiger partial charge in [0.2, 0.25) is 0 Å². The van der Waals surface area contributed by atoms with Crippen molar-refractivity contribution in [2.24, 2.45) is 5.73 Å². The molecular formula is C15H13ClF3NO3. The summed E-state index contributed by atoms with van der Waals surface area (Å²) >= 11 is 5.90. The number of alkyl halides is 3. The zero-order chi connectivity index (χ0) is 17.2. The van der Waals surface area contributed by atoms with Gasteiger partial charge in [-0.3, -0.25) is 0 Å². The van der Waals surface area contributed by atoms with Crippen molar-refractivity contribution in [3.8, 4) is 17.2 Å². The van der Waals surface area contributed by atoms with Gasteiger partial charge in [-0.05, 0) is 35.4 Å². The van der Waals surface area contributed by atoms with Crippen LogP contribution in [0.25, 0.3) is 0 Å². The van der Waals surface area contributed by atoms with Crippen LogP contribution in [-0.2, 0) is 0 Å². The molecule has 2 aromatic carbocycles. The van der Waals surface area contributed by atoms with Gasteiger partial charge in [0.25, 0.3) is 0 Å². The number of phenols is 1. The molecule has 0 radical (unpaired) electrons. The van der Waals surface area contributed by atoms with Crippen molar-refractivity contribution in [3.05, 3.63) is 52.5 Å². The molecule has 0 unspecified atom stereocenters. The van der Waals surface area contributed by atoms with Crippen molar-refractivity contribution in [2.45, 2.75) is 12.4 Å².